The molecule has 0 saturated carbocycles. The highest BCUT2D eigenvalue weighted by atomic mass is 16.5. The SMILES string of the molecule is O=C1CCC(n2cc3ccc(OCCN4CCNCC4)cc3c2)C(=O)N1. The van der Waals surface area contributed by atoms with Crippen molar-refractivity contribution in [1.82, 2.24) is 20.1 Å². The van der Waals surface area contributed by atoms with Crippen LogP contribution in [0.3, 0.4) is 0 Å². The lowest BCUT2D eigenvalue weighted by atomic mass is 10.1. The molecular formula is C19H24N4O3. The second kappa shape index (κ2) is 7.47. The molecule has 2 aromatic rings. The van der Waals surface area contributed by atoms with Crippen LogP contribution in [0.4, 0.5) is 0 Å². The van der Waals surface area contributed by atoms with Gasteiger partial charge in [-0.1, -0.05) is 0 Å². The average molecular weight is 356 g/mol. The molecule has 7 heteroatoms. The molecule has 2 amide bonds. The Morgan fingerprint density at radius 3 is 2.73 bits per heavy atom. The molecule has 0 aliphatic carbocycles. The van der Waals surface area contributed by atoms with E-state index < -0.39 is 0 Å². The maximum absolute atomic E-state index is 12.1. The highest BCUT2D eigenvalue weighted by molar-refractivity contribution is 5.99. The fourth-order valence-electron chi connectivity index (χ4n) is 3.60. The van der Waals surface area contributed by atoms with Crippen LogP contribution in [0.2, 0.25) is 0 Å². The summed E-state index contributed by atoms with van der Waals surface area (Å²) in [6, 6.07) is 5.67. The van der Waals surface area contributed by atoms with E-state index in [0.717, 1.165) is 49.2 Å². The van der Waals surface area contributed by atoms with Crippen molar-refractivity contribution >= 4 is 22.6 Å². The summed E-state index contributed by atoms with van der Waals surface area (Å²) in [4.78, 5) is 25.8. The summed E-state index contributed by atoms with van der Waals surface area (Å²) >= 11 is 0. The van der Waals surface area contributed by atoms with E-state index in [9.17, 15) is 9.59 Å². The number of fused-ring (bicyclic) bond motifs is 1. The Hall–Kier alpha value is -2.38. The van der Waals surface area contributed by atoms with Gasteiger partial charge in [0.15, 0.2) is 0 Å². The number of carbonyl (C=O) groups excluding carboxylic acids is 2. The Bertz CT molecular complexity index is 810. The number of piperazine rings is 1. The van der Waals surface area contributed by atoms with Crippen LogP contribution in [0.1, 0.15) is 18.9 Å². The van der Waals surface area contributed by atoms with Gasteiger partial charge in [0.25, 0.3) is 0 Å². The Balaban J connectivity index is 1.40. The first-order chi connectivity index (χ1) is 12.7. The van der Waals surface area contributed by atoms with Crippen LogP contribution in [-0.2, 0) is 9.59 Å². The minimum absolute atomic E-state index is 0.192. The summed E-state index contributed by atoms with van der Waals surface area (Å²) < 4.78 is 7.81. The summed E-state index contributed by atoms with van der Waals surface area (Å²) in [5, 5.41) is 7.85. The summed E-state index contributed by atoms with van der Waals surface area (Å²) in [5.41, 5.74) is 0. The Morgan fingerprint density at radius 2 is 1.92 bits per heavy atom. The number of imide groups is 1. The minimum Gasteiger partial charge on any atom is -0.492 e. The van der Waals surface area contributed by atoms with Gasteiger partial charge < -0.3 is 14.6 Å². The van der Waals surface area contributed by atoms with Gasteiger partial charge in [0, 0.05) is 56.9 Å². The fraction of sp³-hybridized carbons (Fsp3) is 0.474. The molecule has 0 radical (unpaired) electrons. The smallest absolute Gasteiger partial charge is 0.249 e. The third-order valence-electron chi connectivity index (χ3n) is 5.09. The van der Waals surface area contributed by atoms with Crippen LogP contribution in [0.25, 0.3) is 10.8 Å². The molecule has 1 atom stereocenters. The van der Waals surface area contributed by atoms with E-state index in [4.69, 9.17) is 4.74 Å². The molecule has 1 aromatic carbocycles. The summed E-state index contributed by atoms with van der Waals surface area (Å²) in [6.45, 7) is 5.81. The predicted octanol–water partition coefficient (Wildman–Crippen LogP) is 0.903. The molecule has 2 N–H and O–H groups in total. The molecule has 1 unspecified atom stereocenters. The van der Waals surface area contributed by atoms with Crippen molar-refractivity contribution < 1.29 is 14.3 Å². The first-order valence-electron chi connectivity index (χ1n) is 9.20. The van der Waals surface area contributed by atoms with E-state index in [1.54, 1.807) is 0 Å². The van der Waals surface area contributed by atoms with Gasteiger partial charge in [0.05, 0.1) is 0 Å². The predicted molar refractivity (Wildman–Crippen MR) is 98.2 cm³/mol. The zero-order valence-electron chi connectivity index (χ0n) is 14.7. The zero-order chi connectivity index (χ0) is 17.9. The van der Waals surface area contributed by atoms with Gasteiger partial charge in [-0.15, -0.1) is 0 Å². The van der Waals surface area contributed by atoms with Crippen LogP contribution in [0.15, 0.2) is 30.6 Å². The van der Waals surface area contributed by atoms with E-state index in [1.807, 2.05) is 35.2 Å². The number of hydrogen-bond acceptors (Lipinski definition) is 5. The van der Waals surface area contributed by atoms with Crippen molar-refractivity contribution in [3.8, 4) is 5.75 Å². The summed E-state index contributed by atoms with van der Waals surface area (Å²) in [7, 11) is 0. The number of piperidine rings is 1. The minimum atomic E-state index is -0.322. The lowest BCUT2D eigenvalue weighted by Crippen LogP contribution is -2.44. The third-order valence-corrected chi connectivity index (χ3v) is 5.09. The van der Waals surface area contributed by atoms with Gasteiger partial charge in [0.2, 0.25) is 11.8 Å². The average Bonchev–Trinajstić information content (AvgIpc) is 3.05. The lowest BCUT2D eigenvalue weighted by Gasteiger charge is -2.26. The molecule has 0 spiro atoms. The molecule has 2 saturated heterocycles. The van der Waals surface area contributed by atoms with Gasteiger partial charge in [0.1, 0.15) is 18.4 Å². The monoisotopic (exact) mass is 356 g/mol. The number of carbonyl (C=O) groups is 2. The van der Waals surface area contributed by atoms with Crippen LogP contribution in [0.5, 0.6) is 5.75 Å². The largest absolute Gasteiger partial charge is 0.492 e. The summed E-state index contributed by atoms with van der Waals surface area (Å²) in [6.07, 6.45) is 4.84. The standard InChI is InChI=1S/C19H24N4O3/c24-18-4-3-17(19(25)21-18)23-12-14-1-2-16(11-15(14)13-23)26-10-9-22-7-5-20-6-8-22/h1-2,11-13,17,20H,3-10H2,(H,21,24,25). The van der Waals surface area contributed by atoms with Gasteiger partial charge in [-0.05, 0) is 30.0 Å². The number of nitrogens with zero attached hydrogens (tertiary/aromatic N) is 2. The van der Waals surface area contributed by atoms with Crippen molar-refractivity contribution in [3.05, 3.63) is 30.6 Å². The Morgan fingerprint density at radius 1 is 1.12 bits per heavy atom. The number of aromatic nitrogens is 1. The second-order valence-corrected chi connectivity index (χ2v) is 6.90. The topological polar surface area (TPSA) is 75.6 Å². The van der Waals surface area contributed by atoms with Crippen molar-refractivity contribution in [1.29, 1.82) is 0 Å². The molecule has 2 aliphatic rings. The van der Waals surface area contributed by atoms with E-state index in [0.29, 0.717) is 19.4 Å². The summed E-state index contributed by atoms with van der Waals surface area (Å²) in [5.74, 6) is 0.422. The van der Waals surface area contributed by atoms with E-state index in [-0.39, 0.29) is 17.9 Å². The Labute approximate surface area is 152 Å². The first-order valence-corrected chi connectivity index (χ1v) is 9.20. The molecule has 2 fully saturated rings. The molecule has 7 nitrogen and oxygen atoms in total. The van der Waals surface area contributed by atoms with E-state index >= 15 is 0 Å². The van der Waals surface area contributed by atoms with Crippen molar-refractivity contribution in [2.24, 2.45) is 0 Å². The number of amides is 2. The zero-order valence-corrected chi connectivity index (χ0v) is 14.7. The maximum Gasteiger partial charge on any atom is 0.249 e. The number of nitrogens with one attached hydrogen (secondary N) is 2. The van der Waals surface area contributed by atoms with Crippen molar-refractivity contribution in [3.63, 3.8) is 0 Å². The number of rotatable bonds is 5. The van der Waals surface area contributed by atoms with Gasteiger partial charge in [-0.25, -0.2) is 0 Å². The fourth-order valence-corrected chi connectivity index (χ4v) is 3.60. The highest BCUT2D eigenvalue weighted by Crippen LogP contribution is 2.26. The Kier molecular flexibility index (Phi) is 4.90. The number of hydrogen-bond donors (Lipinski definition) is 2. The first kappa shape index (κ1) is 17.1. The van der Waals surface area contributed by atoms with E-state index in [2.05, 4.69) is 15.5 Å². The second-order valence-electron chi connectivity index (χ2n) is 6.90. The molecular weight excluding hydrogens is 332 g/mol. The quantitative estimate of drug-likeness (QED) is 0.779. The molecule has 138 valence electrons. The van der Waals surface area contributed by atoms with Crippen LogP contribution in [0, 0.1) is 0 Å². The highest BCUT2D eigenvalue weighted by Gasteiger charge is 2.27. The van der Waals surface area contributed by atoms with Gasteiger partial charge in [-0.2, -0.15) is 0 Å². The van der Waals surface area contributed by atoms with Crippen molar-refractivity contribution in [2.75, 3.05) is 39.3 Å². The maximum atomic E-state index is 12.1. The number of ether oxygens (including phenoxy) is 1. The lowest BCUT2D eigenvalue weighted by molar-refractivity contribution is -0.135. The van der Waals surface area contributed by atoms with Crippen molar-refractivity contribution in [2.45, 2.75) is 18.9 Å². The normalized spacial score (nSPS) is 21.8. The van der Waals surface area contributed by atoms with Gasteiger partial charge in [-0.3, -0.25) is 19.8 Å². The number of benzene rings is 1. The molecule has 1 aromatic heterocycles. The van der Waals surface area contributed by atoms with Crippen LogP contribution < -0.4 is 15.4 Å². The molecule has 3 heterocycles. The van der Waals surface area contributed by atoms with Crippen LogP contribution in [-0.4, -0.2) is 60.6 Å². The van der Waals surface area contributed by atoms with Gasteiger partial charge >= 0.3 is 0 Å². The third kappa shape index (κ3) is 3.73. The molecule has 2 aliphatic heterocycles. The van der Waals surface area contributed by atoms with Crippen LogP contribution >= 0.6 is 0 Å². The molecule has 0 bridgehead atoms. The molecule has 4 rings (SSSR count). The van der Waals surface area contributed by atoms with E-state index in [1.165, 1.54) is 0 Å². The molecule has 26 heavy (non-hydrogen) atoms.